The van der Waals surface area contributed by atoms with Crippen LogP contribution in [0.25, 0.3) is 0 Å². The number of halogens is 3. The fourth-order valence-corrected chi connectivity index (χ4v) is 1.96. The van der Waals surface area contributed by atoms with Crippen LogP contribution in [-0.4, -0.2) is 27.5 Å². The van der Waals surface area contributed by atoms with Crippen LogP contribution in [0.4, 0.5) is 13.2 Å². The first-order valence-corrected chi connectivity index (χ1v) is 6.09. The lowest BCUT2D eigenvalue weighted by molar-refractivity contribution is -0.144. The molecule has 0 aliphatic rings. The third kappa shape index (κ3) is 3.21. The molecule has 0 aliphatic heterocycles. The van der Waals surface area contributed by atoms with Gasteiger partial charge < -0.3 is 14.6 Å². The first kappa shape index (κ1) is 15.0. The van der Waals surface area contributed by atoms with Crippen LogP contribution in [0, 0.1) is 0 Å². The van der Waals surface area contributed by atoms with Gasteiger partial charge in [0.05, 0.1) is 7.11 Å². The monoisotopic (exact) mass is 320 g/mol. The van der Waals surface area contributed by atoms with E-state index in [2.05, 4.69) is 9.36 Å². The molecule has 6 nitrogen and oxygen atoms in total. The summed E-state index contributed by atoms with van der Waals surface area (Å²) in [5.41, 5.74) is -0.266. The molecule has 0 spiro atoms. The van der Waals surface area contributed by atoms with Crippen molar-refractivity contribution >= 4 is 17.5 Å². The number of alkyl halides is 3. The molecule has 1 N–H and O–H groups in total. The maximum Gasteiger partial charge on any atom is 0.452 e. The molecule has 2 aromatic rings. The summed E-state index contributed by atoms with van der Waals surface area (Å²) in [6.45, 7) is 0. The molecular formula is C11H7F3N2O4S. The zero-order valence-electron chi connectivity index (χ0n) is 10.3. The number of para-hydroxylation sites is 1. The lowest BCUT2D eigenvalue weighted by atomic mass is 10.2. The van der Waals surface area contributed by atoms with E-state index >= 15 is 0 Å². The molecular weight excluding hydrogens is 313 g/mol. The Balaban J connectivity index is 2.39. The highest BCUT2D eigenvalue weighted by Gasteiger charge is 2.36. The van der Waals surface area contributed by atoms with E-state index < -0.39 is 23.2 Å². The smallest absolute Gasteiger partial charge is 0.452 e. The fourth-order valence-electron chi connectivity index (χ4n) is 1.40. The summed E-state index contributed by atoms with van der Waals surface area (Å²) in [5.74, 6) is -2.85. The SMILES string of the molecule is COc1cccc(C(=O)O)c1Oc1nc(C(F)(F)F)ns1. The van der Waals surface area contributed by atoms with Crippen LogP contribution in [0.15, 0.2) is 18.2 Å². The number of carbonyl (C=O) groups is 1. The van der Waals surface area contributed by atoms with E-state index in [1.54, 1.807) is 0 Å². The lowest BCUT2D eigenvalue weighted by Gasteiger charge is -2.10. The minimum absolute atomic E-state index is 0.0543. The summed E-state index contributed by atoms with van der Waals surface area (Å²) in [5, 5.41) is 8.61. The number of methoxy groups -OCH3 is 1. The number of benzene rings is 1. The molecule has 1 aromatic heterocycles. The van der Waals surface area contributed by atoms with Crippen molar-refractivity contribution in [1.29, 1.82) is 0 Å². The van der Waals surface area contributed by atoms with Crippen LogP contribution in [0.3, 0.4) is 0 Å². The van der Waals surface area contributed by atoms with Crippen LogP contribution in [0.5, 0.6) is 16.7 Å². The Kier molecular flexibility index (Phi) is 3.98. The average Bonchev–Trinajstić information content (AvgIpc) is 2.87. The highest BCUT2D eigenvalue weighted by Crippen LogP contribution is 2.37. The Bertz CT molecular complexity index is 672. The summed E-state index contributed by atoms with van der Waals surface area (Å²) in [6.07, 6.45) is -4.70. The van der Waals surface area contributed by atoms with Crippen molar-refractivity contribution < 1.29 is 32.5 Å². The Morgan fingerprint density at radius 3 is 2.62 bits per heavy atom. The summed E-state index contributed by atoms with van der Waals surface area (Å²) < 4.78 is 50.3. The van der Waals surface area contributed by atoms with E-state index in [0.717, 1.165) is 0 Å². The molecule has 0 amide bonds. The maximum absolute atomic E-state index is 12.4. The van der Waals surface area contributed by atoms with Crippen molar-refractivity contribution in [2.75, 3.05) is 7.11 Å². The molecule has 0 bridgehead atoms. The highest BCUT2D eigenvalue weighted by atomic mass is 32.1. The molecule has 1 heterocycles. The number of rotatable bonds is 4. The van der Waals surface area contributed by atoms with Crippen LogP contribution < -0.4 is 9.47 Å². The molecule has 1 aromatic carbocycles. The standard InChI is InChI=1S/C11H7F3N2O4S/c1-19-6-4-2-3-5(8(17)18)7(6)20-10-15-9(16-21-10)11(12,13)14/h2-4H,1H3,(H,17,18). The van der Waals surface area contributed by atoms with Gasteiger partial charge in [-0.1, -0.05) is 6.07 Å². The predicted molar refractivity (Wildman–Crippen MR) is 64.9 cm³/mol. The molecule has 2 rings (SSSR count). The Labute approximate surface area is 119 Å². The maximum atomic E-state index is 12.4. The summed E-state index contributed by atoms with van der Waals surface area (Å²) >= 11 is 0.359. The van der Waals surface area contributed by atoms with Gasteiger partial charge >= 0.3 is 12.1 Å². The zero-order chi connectivity index (χ0) is 15.6. The van der Waals surface area contributed by atoms with Crippen LogP contribution >= 0.6 is 11.5 Å². The number of ether oxygens (including phenoxy) is 2. The number of aromatic carboxylic acids is 1. The number of carboxylic acid groups (broad SMARTS) is 1. The molecule has 0 radical (unpaired) electrons. The van der Waals surface area contributed by atoms with Gasteiger partial charge in [0.15, 0.2) is 11.5 Å². The van der Waals surface area contributed by atoms with Crippen molar-refractivity contribution in [3.63, 3.8) is 0 Å². The van der Waals surface area contributed by atoms with Gasteiger partial charge in [0, 0.05) is 11.5 Å². The van der Waals surface area contributed by atoms with Gasteiger partial charge in [-0.05, 0) is 12.1 Å². The van der Waals surface area contributed by atoms with E-state index in [1.165, 1.54) is 25.3 Å². The normalized spacial score (nSPS) is 11.2. The second kappa shape index (κ2) is 5.56. The second-order valence-corrected chi connectivity index (χ2v) is 4.34. The van der Waals surface area contributed by atoms with Gasteiger partial charge in [0.2, 0.25) is 0 Å². The number of carboxylic acids is 1. The van der Waals surface area contributed by atoms with Crippen molar-refractivity contribution in [2.45, 2.75) is 6.18 Å². The summed E-state index contributed by atoms with van der Waals surface area (Å²) in [6, 6.07) is 4.05. The first-order valence-electron chi connectivity index (χ1n) is 5.32. The van der Waals surface area contributed by atoms with Gasteiger partial charge in [-0.15, -0.1) is 0 Å². The lowest BCUT2D eigenvalue weighted by Crippen LogP contribution is -2.07. The van der Waals surface area contributed by atoms with Crippen molar-refractivity contribution in [1.82, 2.24) is 9.36 Å². The number of nitrogens with zero attached hydrogens (tertiary/aromatic N) is 2. The minimum atomic E-state index is -4.70. The summed E-state index contributed by atoms with van der Waals surface area (Å²) in [4.78, 5) is 14.3. The number of hydrogen-bond acceptors (Lipinski definition) is 6. The van der Waals surface area contributed by atoms with E-state index in [-0.39, 0.29) is 17.1 Å². The van der Waals surface area contributed by atoms with E-state index in [0.29, 0.717) is 11.5 Å². The van der Waals surface area contributed by atoms with E-state index in [1.807, 2.05) is 0 Å². The zero-order valence-corrected chi connectivity index (χ0v) is 11.2. The molecule has 10 heteroatoms. The van der Waals surface area contributed by atoms with Crippen molar-refractivity contribution in [3.05, 3.63) is 29.6 Å². The molecule has 0 fully saturated rings. The third-order valence-electron chi connectivity index (χ3n) is 2.28. The van der Waals surface area contributed by atoms with Crippen molar-refractivity contribution in [3.8, 4) is 16.7 Å². The predicted octanol–water partition coefficient (Wildman–Crippen LogP) is 3.06. The topological polar surface area (TPSA) is 81.5 Å². The third-order valence-corrected chi connectivity index (χ3v) is 2.87. The highest BCUT2D eigenvalue weighted by molar-refractivity contribution is 7.07. The van der Waals surface area contributed by atoms with Crippen LogP contribution in [-0.2, 0) is 6.18 Å². The fraction of sp³-hybridized carbons (Fsp3) is 0.182. The Morgan fingerprint density at radius 2 is 2.10 bits per heavy atom. The first-order chi connectivity index (χ1) is 9.82. The van der Waals surface area contributed by atoms with Crippen molar-refractivity contribution in [2.24, 2.45) is 0 Å². The number of aromatic nitrogens is 2. The molecule has 21 heavy (non-hydrogen) atoms. The minimum Gasteiger partial charge on any atom is -0.493 e. The molecule has 0 aliphatic carbocycles. The van der Waals surface area contributed by atoms with Gasteiger partial charge in [-0.25, -0.2) is 4.79 Å². The Morgan fingerprint density at radius 1 is 1.38 bits per heavy atom. The average molecular weight is 320 g/mol. The van der Waals surface area contributed by atoms with Crippen LogP contribution in [0.2, 0.25) is 0 Å². The van der Waals surface area contributed by atoms with E-state index in [9.17, 15) is 18.0 Å². The molecule has 112 valence electrons. The second-order valence-electron chi connectivity index (χ2n) is 3.63. The molecule has 0 saturated heterocycles. The largest absolute Gasteiger partial charge is 0.493 e. The quantitative estimate of drug-likeness (QED) is 0.932. The number of hydrogen-bond donors (Lipinski definition) is 1. The van der Waals surface area contributed by atoms with Gasteiger partial charge in [-0.3, -0.25) is 0 Å². The molecule has 0 unspecified atom stereocenters. The molecule has 0 saturated carbocycles. The van der Waals surface area contributed by atoms with Gasteiger partial charge in [0.25, 0.3) is 11.0 Å². The Hall–Kier alpha value is -2.36. The van der Waals surface area contributed by atoms with Crippen LogP contribution in [0.1, 0.15) is 16.2 Å². The van der Waals surface area contributed by atoms with E-state index in [4.69, 9.17) is 14.6 Å². The van der Waals surface area contributed by atoms with Gasteiger partial charge in [-0.2, -0.15) is 22.5 Å². The molecule has 0 atom stereocenters. The van der Waals surface area contributed by atoms with Gasteiger partial charge in [0.1, 0.15) is 5.56 Å². The summed E-state index contributed by atoms with van der Waals surface area (Å²) in [7, 11) is 1.27.